The fourth-order valence-electron chi connectivity index (χ4n) is 4.16. The molecule has 0 radical (unpaired) electrons. The van der Waals surface area contributed by atoms with Gasteiger partial charge < -0.3 is 10.2 Å². The largest absolute Gasteiger partial charge is 0.350 e. The third-order valence-corrected chi connectivity index (χ3v) is 7.81. The van der Waals surface area contributed by atoms with Crippen molar-refractivity contribution in [1.29, 1.82) is 0 Å². The van der Waals surface area contributed by atoms with Gasteiger partial charge in [0.1, 0.15) is 12.6 Å². The van der Waals surface area contributed by atoms with Crippen molar-refractivity contribution in [2.45, 2.75) is 57.1 Å². The molecule has 40 heavy (non-hydrogen) atoms. The number of hydrogen-bond donors (Lipinski definition) is 1. The molecule has 0 heterocycles. The summed E-state index contributed by atoms with van der Waals surface area (Å²) in [7, 11) is -4.32. The number of benzene rings is 3. The zero-order valence-corrected chi connectivity index (χ0v) is 23.8. The van der Waals surface area contributed by atoms with Gasteiger partial charge in [-0.2, -0.15) is 0 Å². The minimum Gasteiger partial charge on any atom is -0.350 e. The minimum absolute atomic E-state index is 0.0433. The smallest absolute Gasteiger partial charge is 0.271 e. The lowest BCUT2D eigenvalue weighted by molar-refractivity contribution is -0.384. The first-order valence-corrected chi connectivity index (χ1v) is 14.2. The second-order valence-electron chi connectivity index (χ2n) is 10.3. The average molecular weight is 567 g/mol. The highest BCUT2D eigenvalue weighted by molar-refractivity contribution is 7.92. The van der Waals surface area contributed by atoms with Crippen LogP contribution in [0.3, 0.4) is 0 Å². The maximum Gasteiger partial charge on any atom is 0.271 e. The number of nitro benzene ring substituents is 1. The summed E-state index contributed by atoms with van der Waals surface area (Å²) in [5.41, 5.74) is -0.170. The van der Waals surface area contributed by atoms with Gasteiger partial charge in [-0.1, -0.05) is 61.5 Å². The predicted octanol–water partition coefficient (Wildman–Crippen LogP) is 4.51. The molecule has 1 N–H and O–H groups in total. The molecule has 3 aromatic rings. The van der Waals surface area contributed by atoms with E-state index in [1.165, 1.54) is 35.2 Å². The molecule has 0 aliphatic heterocycles. The van der Waals surface area contributed by atoms with E-state index < -0.39 is 39.0 Å². The number of carbonyl (C=O) groups excluding carboxylic acids is 2. The highest BCUT2D eigenvalue weighted by Gasteiger charge is 2.35. The molecule has 0 aliphatic rings. The summed E-state index contributed by atoms with van der Waals surface area (Å²) in [5, 5.41) is 14.4. The van der Waals surface area contributed by atoms with Gasteiger partial charge in [-0.05, 0) is 51.0 Å². The van der Waals surface area contributed by atoms with Crippen LogP contribution in [-0.4, -0.2) is 48.2 Å². The Morgan fingerprint density at radius 2 is 1.55 bits per heavy atom. The molecular formula is C29H34N4O6S. The molecule has 2 amide bonds. The standard InChI is InChI=1S/C29H34N4O6S/c1-5-26(28(35)30-29(2,3)4)31(20-22-13-8-6-9-14-22)27(34)21-32(23-15-12-16-24(19-23)33(36)37)40(38,39)25-17-10-7-11-18-25/h6-19,26H,5,20-21H2,1-4H3,(H,30,35)/t26-/m1/s1. The van der Waals surface area contributed by atoms with Gasteiger partial charge in [0.2, 0.25) is 11.8 Å². The lowest BCUT2D eigenvalue weighted by Crippen LogP contribution is -2.55. The molecule has 0 spiro atoms. The van der Waals surface area contributed by atoms with Crippen molar-refractivity contribution in [3.8, 4) is 0 Å². The van der Waals surface area contributed by atoms with Crippen LogP contribution in [-0.2, 0) is 26.2 Å². The van der Waals surface area contributed by atoms with E-state index in [1.54, 1.807) is 25.1 Å². The molecule has 0 unspecified atom stereocenters. The number of nitrogens with one attached hydrogen (secondary N) is 1. The van der Waals surface area contributed by atoms with Gasteiger partial charge in [0.25, 0.3) is 15.7 Å². The molecule has 0 saturated heterocycles. The summed E-state index contributed by atoms with van der Waals surface area (Å²) in [6.07, 6.45) is 0.280. The van der Waals surface area contributed by atoms with Crippen molar-refractivity contribution in [1.82, 2.24) is 10.2 Å². The number of hydrogen-bond acceptors (Lipinski definition) is 6. The van der Waals surface area contributed by atoms with E-state index in [4.69, 9.17) is 0 Å². The second kappa shape index (κ2) is 12.7. The number of anilines is 1. The van der Waals surface area contributed by atoms with Gasteiger partial charge in [-0.15, -0.1) is 0 Å². The zero-order chi connectivity index (χ0) is 29.5. The summed E-state index contributed by atoms with van der Waals surface area (Å²) in [6, 6.07) is 20.8. The Morgan fingerprint density at radius 1 is 0.950 bits per heavy atom. The molecular weight excluding hydrogens is 532 g/mol. The highest BCUT2D eigenvalue weighted by atomic mass is 32.2. The summed E-state index contributed by atoms with van der Waals surface area (Å²) >= 11 is 0. The van der Waals surface area contributed by atoms with Crippen LogP contribution < -0.4 is 9.62 Å². The molecule has 10 nitrogen and oxygen atoms in total. The van der Waals surface area contributed by atoms with Crippen LogP contribution in [0.15, 0.2) is 89.8 Å². The van der Waals surface area contributed by atoms with Gasteiger partial charge >= 0.3 is 0 Å². The number of nitro groups is 1. The Morgan fingerprint density at radius 3 is 2.10 bits per heavy atom. The molecule has 212 valence electrons. The lowest BCUT2D eigenvalue weighted by Gasteiger charge is -2.34. The number of carbonyl (C=O) groups is 2. The normalized spacial score (nSPS) is 12.3. The summed E-state index contributed by atoms with van der Waals surface area (Å²) < 4.78 is 28.4. The lowest BCUT2D eigenvalue weighted by atomic mass is 10.1. The first kappa shape index (κ1) is 30.3. The minimum atomic E-state index is -4.32. The Kier molecular flexibility index (Phi) is 9.65. The summed E-state index contributed by atoms with van der Waals surface area (Å²) in [5.74, 6) is -1.00. The molecule has 0 bridgehead atoms. The van der Waals surface area contributed by atoms with Crippen molar-refractivity contribution in [3.63, 3.8) is 0 Å². The van der Waals surface area contributed by atoms with Crippen molar-refractivity contribution < 1.29 is 22.9 Å². The Bertz CT molecular complexity index is 1440. The average Bonchev–Trinajstić information content (AvgIpc) is 2.91. The maximum absolute atomic E-state index is 14.0. The Hall–Kier alpha value is -4.25. The molecule has 3 aromatic carbocycles. The van der Waals surface area contributed by atoms with Crippen molar-refractivity contribution in [2.24, 2.45) is 0 Å². The molecule has 0 aliphatic carbocycles. The number of sulfonamides is 1. The molecule has 3 rings (SSSR count). The van der Waals surface area contributed by atoms with E-state index in [-0.39, 0.29) is 35.1 Å². The summed E-state index contributed by atoms with van der Waals surface area (Å²) in [6.45, 7) is 6.65. The topological polar surface area (TPSA) is 130 Å². The van der Waals surface area contributed by atoms with Crippen LogP contribution in [0.1, 0.15) is 39.7 Å². The van der Waals surface area contributed by atoms with Crippen molar-refractivity contribution in [3.05, 3.63) is 101 Å². The van der Waals surface area contributed by atoms with E-state index in [0.717, 1.165) is 15.9 Å². The van der Waals surface area contributed by atoms with Gasteiger partial charge in [-0.25, -0.2) is 8.42 Å². The maximum atomic E-state index is 14.0. The molecule has 11 heteroatoms. The van der Waals surface area contributed by atoms with Crippen molar-refractivity contribution in [2.75, 3.05) is 10.8 Å². The predicted molar refractivity (Wildman–Crippen MR) is 153 cm³/mol. The van der Waals surface area contributed by atoms with Gasteiger partial charge in [0, 0.05) is 24.2 Å². The Labute approximate surface area is 234 Å². The highest BCUT2D eigenvalue weighted by Crippen LogP contribution is 2.28. The fraction of sp³-hybridized carbons (Fsp3) is 0.310. The number of non-ortho nitro benzene ring substituents is 1. The summed E-state index contributed by atoms with van der Waals surface area (Å²) in [4.78, 5) is 39.4. The monoisotopic (exact) mass is 566 g/mol. The second-order valence-corrected chi connectivity index (χ2v) is 12.1. The van der Waals surface area contributed by atoms with E-state index in [0.29, 0.717) is 0 Å². The fourth-order valence-corrected chi connectivity index (χ4v) is 5.59. The van der Waals surface area contributed by atoms with Crippen molar-refractivity contribution >= 4 is 33.2 Å². The van der Waals surface area contributed by atoms with Crippen LogP contribution in [0.25, 0.3) is 0 Å². The van der Waals surface area contributed by atoms with Gasteiger partial charge in [0.15, 0.2) is 0 Å². The first-order valence-electron chi connectivity index (χ1n) is 12.8. The zero-order valence-electron chi connectivity index (χ0n) is 23.0. The SMILES string of the molecule is CC[C@H](C(=O)NC(C)(C)C)N(Cc1ccccc1)C(=O)CN(c1cccc([N+](=O)[O-])c1)S(=O)(=O)c1ccccc1. The van der Waals surface area contributed by atoms with Crippen LogP contribution in [0.4, 0.5) is 11.4 Å². The third-order valence-electron chi connectivity index (χ3n) is 6.02. The number of nitrogens with zero attached hydrogens (tertiary/aromatic N) is 3. The van der Waals surface area contributed by atoms with Crippen LogP contribution in [0.5, 0.6) is 0 Å². The van der Waals surface area contributed by atoms with Crippen LogP contribution >= 0.6 is 0 Å². The molecule has 1 atom stereocenters. The first-order chi connectivity index (χ1) is 18.8. The molecule has 0 aromatic heterocycles. The van der Waals surface area contributed by atoms with Gasteiger partial charge in [-0.3, -0.25) is 24.0 Å². The van der Waals surface area contributed by atoms with E-state index in [2.05, 4.69) is 5.32 Å². The molecule has 0 fully saturated rings. The Balaban J connectivity index is 2.09. The van der Waals surface area contributed by atoms with Gasteiger partial charge in [0.05, 0.1) is 15.5 Å². The van der Waals surface area contributed by atoms with E-state index in [1.807, 2.05) is 51.1 Å². The quantitative estimate of drug-likeness (QED) is 0.268. The van der Waals surface area contributed by atoms with E-state index >= 15 is 0 Å². The van der Waals surface area contributed by atoms with Crippen LogP contribution in [0.2, 0.25) is 0 Å². The number of amides is 2. The van der Waals surface area contributed by atoms with Crippen LogP contribution in [0, 0.1) is 10.1 Å². The molecule has 0 saturated carbocycles. The number of rotatable bonds is 11. The third kappa shape index (κ3) is 7.66. The van der Waals surface area contributed by atoms with E-state index in [9.17, 15) is 28.1 Å².